The average molecular weight is 367 g/mol. The predicted molar refractivity (Wildman–Crippen MR) is 72.9 cm³/mol. The van der Waals surface area contributed by atoms with Crippen LogP contribution in [0.15, 0.2) is 18.2 Å². The maximum Gasteiger partial charge on any atom is 0.416 e. The maximum absolute atomic E-state index is 12.7. The summed E-state index contributed by atoms with van der Waals surface area (Å²) in [5.41, 5.74) is -3.42. The number of benzene rings is 1. The molecule has 24 heavy (non-hydrogen) atoms. The number of nitrogens with one attached hydrogen (secondary N) is 1. The van der Waals surface area contributed by atoms with Crippen LogP contribution in [0.3, 0.4) is 0 Å². The molecule has 10 heteroatoms. The standard InChI is InChI=1S/C14H7F6NO2S/c15-13(16,17)8-4-7(5-9(6-8)14(18,19)20)2-1-3-10-11(22)21-12(23)24-10/h4-6,10H,3H2,(H,21,22,23). The molecular weight excluding hydrogens is 360 g/mol. The number of amides is 2. The molecule has 0 spiro atoms. The monoisotopic (exact) mass is 367 g/mol. The van der Waals surface area contributed by atoms with Crippen LogP contribution in [0.25, 0.3) is 0 Å². The zero-order chi connectivity index (χ0) is 18.1. The molecule has 1 heterocycles. The summed E-state index contributed by atoms with van der Waals surface area (Å²) < 4.78 is 76.1. The minimum absolute atomic E-state index is 0.00408. The van der Waals surface area contributed by atoms with Gasteiger partial charge in [-0.2, -0.15) is 26.3 Å². The van der Waals surface area contributed by atoms with E-state index in [4.69, 9.17) is 0 Å². The van der Waals surface area contributed by atoms with Crippen LogP contribution in [0.2, 0.25) is 0 Å². The van der Waals surface area contributed by atoms with Crippen molar-refractivity contribution in [1.82, 2.24) is 5.32 Å². The quantitative estimate of drug-likeness (QED) is 0.606. The first-order valence-electron chi connectivity index (χ1n) is 6.26. The van der Waals surface area contributed by atoms with Gasteiger partial charge >= 0.3 is 12.4 Å². The Balaban J connectivity index is 2.29. The summed E-state index contributed by atoms with van der Waals surface area (Å²) in [6.45, 7) is 0. The van der Waals surface area contributed by atoms with Gasteiger partial charge < -0.3 is 0 Å². The first-order chi connectivity index (χ1) is 11.0. The highest BCUT2D eigenvalue weighted by molar-refractivity contribution is 8.15. The van der Waals surface area contributed by atoms with Crippen LogP contribution in [0.4, 0.5) is 31.1 Å². The van der Waals surface area contributed by atoms with Crippen molar-refractivity contribution in [3.8, 4) is 11.8 Å². The van der Waals surface area contributed by atoms with Gasteiger partial charge in [0.25, 0.3) is 5.24 Å². The van der Waals surface area contributed by atoms with E-state index in [1.54, 1.807) is 0 Å². The van der Waals surface area contributed by atoms with Crippen molar-refractivity contribution in [2.75, 3.05) is 0 Å². The molecule has 0 bridgehead atoms. The van der Waals surface area contributed by atoms with Crippen molar-refractivity contribution < 1.29 is 35.9 Å². The van der Waals surface area contributed by atoms with Crippen LogP contribution in [0.1, 0.15) is 23.1 Å². The maximum atomic E-state index is 12.7. The summed E-state index contributed by atoms with van der Waals surface area (Å²) in [5, 5.41) is 0.580. The predicted octanol–water partition coefficient (Wildman–Crippen LogP) is 3.82. The van der Waals surface area contributed by atoms with Gasteiger partial charge in [0.2, 0.25) is 5.91 Å². The molecule has 1 saturated heterocycles. The fraction of sp³-hybridized carbons (Fsp3) is 0.286. The van der Waals surface area contributed by atoms with Gasteiger partial charge in [-0.25, -0.2) is 0 Å². The van der Waals surface area contributed by atoms with Crippen molar-refractivity contribution in [3.63, 3.8) is 0 Å². The van der Waals surface area contributed by atoms with E-state index < -0.39 is 45.4 Å². The molecule has 1 aromatic rings. The molecule has 0 radical (unpaired) electrons. The Labute approximate surface area is 135 Å². The number of rotatable bonds is 1. The number of alkyl halides is 6. The molecule has 1 aromatic carbocycles. The van der Waals surface area contributed by atoms with E-state index in [9.17, 15) is 35.9 Å². The molecule has 2 rings (SSSR count). The second-order valence-corrected chi connectivity index (χ2v) is 5.86. The molecule has 0 aromatic heterocycles. The van der Waals surface area contributed by atoms with Crippen LogP contribution in [0.5, 0.6) is 0 Å². The second kappa shape index (κ2) is 6.39. The highest BCUT2D eigenvalue weighted by Gasteiger charge is 2.36. The van der Waals surface area contributed by atoms with Crippen molar-refractivity contribution in [2.24, 2.45) is 0 Å². The number of imide groups is 1. The van der Waals surface area contributed by atoms with Gasteiger partial charge in [0.15, 0.2) is 0 Å². The van der Waals surface area contributed by atoms with Gasteiger partial charge in [-0.15, -0.1) is 0 Å². The number of thioether (sulfide) groups is 1. The third kappa shape index (κ3) is 4.44. The summed E-state index contributed by atoms with van der Waals surface area (Å²) in [6.07, 6.45) is -10.1. The zero-order valence-electron chi connectivity index (χ0n) is 11.5. The van der Waals surface area contributed by atoms with Crippen LogP contribution in [-0.2, 0) is 17.1 Å². The lowest BCUT2D eigenvalue weighted by Gasteiger charge is -2.12. The lowest BCUT2D eigenvalue weighted by atomic mass is 10.0. The molecular formula is C14H7F6NO2S. The van der Waals surface area contributed by atoms with E-state index in [1.165, 1.54) is 0 Å². The van der Waals surface area contributed by atoms with Crippen LogP contribution in [-0.4, -0.2) is 16.4 Å². The summed E-state index contributed by atoms with van der Waals surface area (Å²) in [4.78, 5) is 22.2. The highest BCUT2D eigenvalue weighted by atomic mass is 32.2. The molecule has 1 aliphatic heterocycles. The Morgan fingerprint density at radius 3 is 1.96 bits per heavy atom. The molecule has 1 fully saturated rings. The third-order valence-corrected chi connectivity index (χ3v) is 3.86. The molecule has 0 saturated carbocycles. The smallest absolute Gasteiger partial charge is 0.286 e. The Hall–Kier alpha value is -2.15. The minimum atomic E-state index is -4.95. The number of hydrogen-bond donors (Lipinski definition) is 1. The van der Waals surface area contributed by atoms with E-state index >= 15 is 0 Å². The summed E-state index contributed by atoms with van der Waals surface area (Å²) in [7, 11) is 0. The summed E-state index contributed by atoms with van der Waals surface area (Å²) >= 11 is 0.662. The lowest BCUT2D eigenvalue weighted by molar-refractivity contribution is -0.143. The van der Waals surface area contributed by atoms with Gasteiger partial charge in [-0.1, -0.05) is 23.6 Å². The Morgan fingerprint density at radius 2 is 1.54 bits per heavy atom. The Bertz CT molecular complexity index is 712. The zero-order valence-corrected chi connectivity index (χ0v) is 12.3. The van der Waals surface area contributed by atoms with Crippen molar-refractivity contribution in [1.29, 1.82) is 0 Å². The van der Waals surface area contributed by atoms with Gasteiger partial charge in [0.05, 0.1) is 11.1 Å². The molecule has 3 nitrogen and oxygen atoms in total. The van der Waals surface area contributed by atoms with Crippen molar-refractivity contribution in [2.45, 2.75) is 24.0 Å². The first kappa shape index (κ1) is 18.2. The van der Waals surface area contributed by atoms with Gasteiger partial charge in [0.1, 0.15) is 5.25 Å². The fourth-order valence-electron chi connectivity index (χ4n) is 1.80. The Kier molecular flexibility index (Phi) is 4.85. The van der Waals surface area contributed by atoms with Gasteiger partial charge in [0, 0.05) is 12.0 Å². The van der Waals surface area contributed by atoms with E-state index in [0.717, 1.165) is 0 Å². The average Bonchev–Trinajstić information content (AvgIpc) is 2.75. The minimum Gasteiger partial charge on any atom is -0.286 e. The fourth-order valence-corrected chi connectivity index (χ4v) is 2.55. The van der Waals surface area contributed by atoms with Crippen LogP contribution in [0, 0.1) is 11.8 Å². The molecule has 1 N–H and O–H groups in total. The van der Waals surface area contributed by atoms with E-state index in [1.807, 2.05) is 5.32 Å². The topological polar surface area (TPSA) is 46.2 Å². The second-order valence-electron chi connectivity index (χ2n) is 4.68. The molecule has 1 unspecified atom stereocenters. The van der Waals surface area contributed by atoms with E-state index in [2.05, 4.69) is 11.8 Å². The summed E-state index contributed by atoms with van der Waals surface area (Å²) in [5.74, 6) is 3.91. The van der Waals surface area contributed by atoms with Gasteiger partial charge in [-0.05, 0) is 18.2 Å². The normalized spacial score (nSPS) is 18.2. The van der Waals surface area contributed by atoms with Crippen molar-refractivity contribution in [3.05, 3.63) is 34.9 Å². The van der Waals surface area contributed by atoms with Gasteiger partial charge in [-0.3, -0.25) is 14.9 Å². The number of carbonyl (C=O) groups is 2. The summed E-state index contributed by atoms with van der Waals surface area (Å²) in [6, 6.07) is 0.995. The molecule has 1 aliphatic rings. The molecule has 1 atom stereocenters. The lowest BCUT2D eigenvalue weighted by Crippen LogP contribution is -2.23. The van der Waals surface area contributed by atoms with Crippen molar-refractivity contribution >= 4 is 22.9 Å². The third-order valence-electron chi connectivity index (χ3n) is 2.87. The molecule has 2 amide bonds. The van der Waals surface area contributed by atoms with Crippen LogP contribution < -0.4 is 5.32 Å². The largest absolute Gasteiger partial charge is 0.416 e. The Morgan fingerprint density at radius 1 is 1.00 bits per heavy atom. The molecule has 0 aliphatic carbocycles. The van der Waals surface area contributed by atoms with E-state index in [0.29, 0.717) is 23.9 Å². The number of halogens is 6. The number of carbonyl (C=O) groups excluding carboxylic acids is 2. The highest BCUT2D eigenvalue weighted by Crippen LogP contribution is 2.36. The number of hydrogen-bond acceptors (Lipinski definition) is 3. The van der Waals surface area contributed by atoms with E-state index in [-0.39, 0.29) is 12.5 Å². The van der Waals surface area contributed by atoms with Crippen LogP contribution >= 0.6 is 11.8 Å². The first-order valence-corrected chi connectivity index (χ1v) is 7.14. The molecule has 128 valence electrons. The SMILES string of the molecule is O=C1NC(=O)C(CC#Cc2cc(C(F)(F)F)cc(C(F)(F)F)c2)S1.